The van der Waals surface area contributed by atoms with Crippen LogP contribution in [0.2, 0.25) is 0 Å². The normalized spacial score (nSPS) is 24.0. The molecule has 1 aromatic carbocycles. The number of thiophene rings is 1. The molecule has 1 saturated heterocycles. The molecule has 0 unspecified atom stereocenters. The Labute approximate surface area is 158 Å². The van der Waals surface area contributed by atoms with E-state index in [1.165, 1.54) is 10.4 Å². The second kappa shape index (κ2) is 6.88. The topological polar surface area (TPSA) is 49.4 Å². The predicted molar refractivity (Wildman–Crippen MR) is 103 cm³/mol. The molecule has 0 radical (unpaired) electrons. The third kappa shape index (κ3) is 3.54. The van der Waals surface area contributed by atoms with Crippen molar-refractivity contribution in [2.45, 2.75) is 32.7 Å². The summed E-state index contributed by atoms with van der Waals surface area (Å²) in [5.74, 6) is 0.390. The zero-order chi connectivity index (χ0) is 18.1. The Kier molecular flexibility index (Phi) is 4.57. The lowest BCUT2D eigenvalue weighted by Crippen LogP contribution is -2.32. The maximum Gasteiger partial charge on any atom is 0.227 e. The van der Waals surface area contributed by atoms with E-state index in [1.54, 1.807) is 11.3 Å². The van der Waals surface area contributed by atoms with Gasteiger partial charge in [-0.15, -0.1) is 11.3 Å². The number of hydrogen-bond acceptors (Lipinski definition) is 3. The van der Waals surface area contributed by atoms with Crippen LogP contribution in [-0.2, 0) is 22.6 Å². The van der Waals surface area contributed by atoms with Crippen molar-refractivity contribution in [3.8, 4) is 0 Å². The minimum atomic E-state index is 0.0302. The van der Waals surface area contributed by atoms with Gasteiger partial charge in [0.15, 0.2) is 0 Å². The highest BCUT2D eigenvalue weighted by atomic mass is 32.1. The number of nitrogens with one attached hydrogen (secondary N) is 1. The monoisotopic (exact) mass is 368 g/mol. The molecule has 136 valence electrons. The molecule has 1 aliphatic heterocycles. The zero-order valence-corrected chi connectivity index (χ0v) is 15.8. The van der Waals surface area contributed by atoms with E-state index in [1.807, 2.05) is 53.6 Å². The Morgan fingerprint density at radius 3 is 2.81 bits per heavy atom. The number of amides is 2. The summed E-state index contributed by atoms with van der Waals surface area (Å²) in [5.41, 5.74) is 2.29. The van der Waals surface area contributed by atoms with E-state index in [-0.39, 0.29) is 23.1 Å². The molecule has 2 aromatic rings. The van der Waals surface area contributed by atoms with Crippen molar-refractivity contribution in [2.24, 2.45) is 11.3 Å². The third-order valence-corrected chi connectivity index (χ3v) is 6.61. The molecule has 5 heteroatoms. The molecule has 4 nitrogen and oxygen atoms in total. The summed E-state index contributed by atoms with van der Waals surface area (Å²) >= 11 is 1.66. The van der Waals surface area contributed by atoms with Gasteiger partial charge in [0.25, 0.3) is 0 Å². The van der Waals surface area contributed by atoms with Crippen molar-refractivity contribution in [1.82, 2.24) is 10.2 Å². The average molecular weight is 369 g/mol. The second-order valence-electron chi connectivity index (χ2n) is 7.64. The van der Waals surface area contributed by atoms with Crippen LogP contribution in [-0.4, -0.2) is 29.8 Å². The van der Waals surface area contributed by atoms with Gasteiger partial charge in [-0.25, -0.2) is 0 Å². The van der Waals surface area contributed by atoms with Crippen LogP contribution < -0.4 is 5.32 Å². The lowest BCUT2D eigenvalue weighted by atomic mass is 10.0. The van der Waals surface area contributed by atoms with Crippen molar-refractivity contribution in [3.05, 3.63) is 57.8 Å². The number of hydrogen-bond donors (Lipinski definition) is 1. The van der Waals surface area contributed by atoms with Crippen molar-refractivity contribution >= 4 is 23.2 Å². The summed E-state index contributed by atoms with van der Waals surface area (Å²) in [6, 6.07) is 12.2. The fourth-order valence-electron chi connectivity index (χ4n) is 3.98. The Morgan fingerprint density at radius 2 is 2.08 bits per heavy atom. The van der Waals surface area contributed by atoms with Crippen molar-refractivity contribution in [2.75, 3.05) is 13.1 Å². The molecule has 2 atom stereocenters. The third-order valence-electron chi connectivity index (χ3n) is 5.74. The Balaban J connectivity index is 1.29. The molecule has 4 rings (SSSR count). The predicted octanol–water partition coefficient (Wildman–Crippen LogP) is 3.15. The highest BCUT2D eigenvalue weighted by molar-refractivity contribution is 7.09. The number of carbonyl (C=O) groups is 2. The van der Waals surface area contributed by atoms with E-state index in [4.69, 9.17) is 0 Å². The highest BCUT2D eigenvalue weighted by Gasteiger charge is 2.61. The first-order valence-corrected chi connectivity index (χ1v) is 10.1. The molecular formula is C21H24N2O2S. The number of benzene rings is 1. The summed E-state index contributed by atoms with van der Waals surface area (Å²) in [6.07, 6.45) is 2.31. The molecule has 2 amide bonds. The molecule has 2 heterocycles. The number of carbonyl (C=O) groups excluding carboxylic acids is 2. The number of rotatable bonds is 5. The molecule has 2 aliphatic rings. The SMILES string of the molecule is Cc1ccc(CC(=O)N2CC[C@@]3(C[C@H]3C(=O)NCc3cccs3)C2)cc1. The smallest absolute Gasteiger partial charge is 0.227 e. The molecule has 1 spiro atoms. The highest BCUT2D eigenvalue weighted by Crippen LogP contribution is 2.58. The lowest BCUT2D eigenvalue weighted by molar-refractivity contribution is -0.130. The second-order valence-corrected chi connectivity index (χ2v) is 8.68. The lowest BCUT2D eigenvalue weighted by Gasteiger charge is -2.17. The molecule has 1 aromatic heterocycles. The van der Waals surface area contributed by atoms with Gasteiger partial charge in [-0.05, 0) is 36.8 Å². The van der Waals surface area contributed by atoms with Crippen LogP contribution in [0, 0.1) is 18.3 Å². The summed E-state index contributed by atoms with van der Waals surface area (Å²) in [5, 5.41) is 5.08. The fraction of sp³-hybridized carbons (Fsp3) is 0.429. The van der Waals surface area contributed by atoms with Crippen molar-refractivity contribution in [3.63, 3.8) is 0 Å². The van der Waals surface area contributed by atoms with Crippen LogP contribution >= 0.6 is 11.3 Å². The summed E-state index contributed by atoms with van der Waals surface area (Å²) in [4.78, 5) is 28.2. The van der Waals surface area contributed by atoms with Crippen molar-refractivity contribution in [1.29, 1.82) is 0 Å². The van der Waals surface area contributed by atoms with Gasteiger partial charge in [0.1, 0.15) is 0 Å². The molecule has 1 aliphatic carbocycles. The van der Waals surface area contributed by atoms with E-state index in [2.05, 4.69) is 5.32 Å². The Hall–Kier alpha value is -2.14. The first-order chi connectivity index (χ1) is 12.6. The maximum absolute atomic E-state index is 12.6. The maximum atomic E-state index is 12.6. The minimum Gasteiger partial charge on any atom is -0.351 e. The quantitative estimate of drug-likeness (QED) is 0.881. The number of aryl methyl sites for hydroxylation is 1. The van der Waals surface area contributed by atoms with Gasteiger partial charge in [-0.3, -0.25) is 9.59 Å². The van der Waals surface area contributed by atoms with Gasteiger partial charge < -0.3 is 10.2 Å². The largest absolute Gasteiger partial charge is 0.351 e. The van der Waals surface area contributed by atoms with Gasteiger partial charge in [-0.2, -0.15) is 0 Å². The Bertz CT molecular complexity index is 800. The van der Waals surface area contributed by atoms with Gasteiger partial charge in [0.05, 0.1) is 13.0 Å². The van der Waals surface area contributed by atoms with Gasteiger partial charge in [-0.1, -0.05) is 35.9 Å². The summed E-state index contributed by atoms with van der Waals surface area (Å²) in [6.45, 7) is 4.17. The molecule has 0 bridgehead atoms. The zero-order valence-electron chi connectivity index (χ0n) is 15.0. The fourth-order valence-corrected chi connectivity index (χ4v) is 4.63. The molecule has 1 saturated carbocycles. The van der Waals surface area contributed by atoms with Crippen LogP contribution in [0.3, 0.4) is 0 Å². The van der Waals surface area contributed by atoms with Crippen LogP contribution in [0.4, 0.5) is 0 Å². The minimum absolute atomic E-state index is 0.0302. The van der Waals surface area contributed by atoms with Crippen LogP contribution in [0.25, 0.3) is 0 Å². The van der Waals surface area contributed by atoms with Crippen molar-refractivity contribution < 1.29 is 9.59 Å². The van der Waals surface area contributed by atoms with E-state index in [9.17, 15) is 9.59 Å². The van der Waals surface area contributed by atoms with Crippen LogP contribution in [0.5, 0.6) is 0 Å². The van der Waals surface area contributed by atoms with Crippen LogP contribution in [0.15, 0.2) is 41.8 Å². The van der Waals surface area contributed by atoms with E-state index >= 15 is 0 Å². The van der Waals surface area contributed by atoms with Gasteiger partial charge >= 0.3 is 0 Å². The first kappa shape index (κ1) is 17.3. The van der Waals surface area contributed by atoms with E-state index in [0.717, 1.165) is 31.5 Å². The Morgan fingerprint density at radius 1 is 1.27 bits per heavy atom. The van der Waals surface area contributed by atoms with Gasteiger partial charge in [0, 0.05) is 29.3 Å². The van der Waals surface area contributed by atoms with E-state index in [0.29, 0.717) is 13.0 Å². The average Bonchev–Trinajstić information content (AvgIpc) is 2.99. The molecule has 1 N–H and O–H groups in total. The van der Waals surface area contributed by atoms with Crippen LogP contribution in [0.1, 0.15) is 28.8 Å². The molecule has 26 heavy (non-hydrogen) atoms. The first-order valence-electron chi connectivity index (χ1n) is 9.19. The van der Waals surface area contributed by atoms with E-state index < -0.39 is 0 Å². The molecule has 2 fully saturated rings. The number of likely N-dealkylation sites (tertiary alicyclic amines) is 1. The van der Waals surface area contributed by atoms with Gasteiger partial charge in [0.2, 0.25) is 11.8 Å². The number of nitrogens with zero attached hydrogens (tertiary/aromatic N) is 1. The molecular weight excluding hydrogens is 344 g/mol. The standard InChI is InChI=1S/C21H24N2O2S/c1-15-4-6-16(7-5-15)11-19(24)23-9-8-21(14-23)12-18(21)20(25)22-13-17-3-2-10-26-17/h2-7,10,18H,8-9,11-14H2,1H3,(H,22,25)/t18-,21+/m0/s1. The summed E-state index contributed by atoms with van der Waals surface area (Å²) in [7, 11) is 0. The summed E-state index contributed by atoms with van der Waals surface area (Å²) < 4.78 is 0.